The van der Waals surface area contributed by atoms with Gasteiger partial charge in [-0.3, -0.25) is 4.79 Å². The molecule has 4 heteroatoms. The normalized spacial score (nSPS) is 21.0. The highest BCUT2D eigenvalue weighted by molar-refractivity contribution is 7.10. The maximum atomic E-state index is 11.9. The van der Waals surface area contributed by atoms with Crippen LogP contribution in [0.15, 0.2) is 17.5 Å². The predicted octanol–water partition coefficient (Wildman–Crippen LogP) is 2.28. The molecule has 1 fully saturated rings. The summed E-state index contributed by atoms with van der Waals surface area (Å²) in [6.07, 6.45) is 1.57. The summed E-state index contributed by atoms with van der Waals surface area (Å²) in [5.74, 6) is 0.0101. The monoisotopic (exact) mass is 239 g/mol. The zero-order valence-corrected chi connectivity index (χ0v) is 10.5. The Kier molecular flexibility index (Phi) is 3.30. The highest BCUT2D eigenvalue weighted by Gasteiger charge is 2.30. The lowest BCUT2D eigenvalue weighted by Gasteiger charge is -2.26. The maximum Gasteiger partial charge on any atom is 0.249 e. The van der Waals surface area contributed by atoms with Crippen molar-refractivity contribution in [2.75, 3.05) is 6.61 Å². The first-order valence-electron chi connectivity index (χ1n) is 5.57. The van der Waals surface area contributed by atoms with Crippen LogP contribution in [0.25, 0.3) is 0 Å². The molecule has 1 unspecified atom stereocenters. The van der Waals surface area contributed by atoms with Crippen molar-refractivity contribution in [3.8, 4) is 0 Å². The van der Waals surface area contributed by atoms with Crippen LogP contribution in [0.1, 0.15) is 31.6 Å². The van der Waals surface area contributed by atoms with Crippen LogP contribution in [0.5, 0.6) is 0 Å². The number of ether oxygens (including phenoxy) is 1. The maximum absolute atomic E-state index is 11.9. The van der Waals surface area contributed by atoms with Crippen molar-refractivity contribution in [3.05, 3.63) is 22.4 Å². The van der Waals surface area contributed by atoms with Gasteiger partial charge in [-0.1, -0.05) is 6.07 Å². The van der Waals surface area contributed by atoms with Gasteiger partial charge in [0, 0.05) is 11.5 Å². The number of carbonyl (C=O) groups is 1. The minimum Gasteiger partial charge on any atom is -0.368 e. The van der Waals surface area contributed by atoms with Crippen LogP contribution in [0.3, 0.4) is 0 Å². The van der Waals surface area contributed by atoms with Crippen molar-refractivity contribution < 1.29 is 9.53 Å². The number of thiophene rings is 1. The minimum absolute atomic E-state index is 0.0101. The molecule has 0 aromatic carbocycles. The van der Waals surface area contributed by atoms with Gasteiger partial charge in [-0.15, -0.1) is 11.3 Å². The van der Waals surface area contributed by atoms with Gasteiger partial charge in [-0.2, -0.15) is 0 Å². The van der Waals surface area contributed by atoms with Gasteiger partial charge in [0.05, 0.1) is 5.54 Å². The van der Waals surface area contributed by atoms with Crippen molar-refractivity contribution in [3.63, 3.8) is 0 Å². The average Bonchev–Trinajstić information content (AvgIpc) is 2.91. The molecule has 1 aromatic rings. The number of carbonyl (C=O) groups excluding carboxylic acids is 1. The summed E-state index contributed by atoms with van der Waals surface area (Å²) in [6.45, 7) is 4.74. The molecule has 3 nitrogen and oxygen atoms in total. The fourth-order valence-corrected chi connectivity index (χ4v) is 2.68. The molecule has 1 N–H and O–H groups in total. The van der Waals surface area contributed by atoms with E-state index in [2.05, 4.69) is 5.32 Å². The van der Waals surface area contributed by atoms with Crippen molar-refractivity contribution in [1.29, 1.82) is 0 Å². The topological polar surface area (TPSA) is 38.3 Å². The van der Waals surface area contributed by atoms with E-state index in [9.17, 15) is 4.79 Å². The van der Waals surface area contributed by atoms with Gasteiger partial charge in [0.25, 0.3) is 0 Å². The first-order chi connectivity index (χ1) is 7.59. The smallest absolute Gasteiger partial charge is 0.249 e. The summed E-state index contributed by atoms with van der Waals surface area (Å²) < 4.78 is 5.37. The van der Waals surface area contributed by atoms with Crippen LogP contribution in [-0.4, -0.2) is 18.6 Å². The van der Waals surface area contributed by atoms with Crippen molar-refractivity contribution in [1.82, 2.24) is 5.32 Å². The fraction of sp³-hybridized carbons (Fsp3) is 0.583. The van der Waals surface area contributed by atoms with Gasteiger partial charge >= 0.3 is 0 Å². The Morgan fingerprint density at radius 2 is 2.44 bits per heavy atom. The van der Waals surface area contributed by atoms with Gasteiger partial charge in [-0.25, -0.2) is 0 Å². The third-order valence-corrected chi connectivity index (χ3v) is 3.99. The molecule has 1 aromatic heterocycles. The van der Waals surface area contributed by atoms with Gasteiger partial charge in [0.15, 0.2) is 0 Å². The summed E-state index contributed by atoms with van der Waals surface area (Å²) in [5.41, 5.74) is -0.308. The van der Waals surface area contributed by atoms with E-state index >= 15 is 0 Å². The SMILES string of the molecule is CC(C)(NC(=O)C1CCCO1)c1cccs1. The van der Waals surface area contributed by atoms with E-state index < -0.39 is 0 Å². The molecular formula is C12H17NO2S. The van der Waals surface area contributed by atoms with Crippen LogP contribution < -0.4 is 5.32 Å². The third kappa shape index (κ3) is 2.44. The summed E-state index contributed by atoms with van der Waals surface area (Å²) in [4.78, 5) is 13.1. The number of rotatable bonds is 3. The lowest BCUT2D eigenvalue weighted by molar-refractivity contribution is -0.131. The van der Waals surface area contributed by atoms with E-state index in [0.29, 0.717) is 6.61 Å². The van der Waals surface area contributed by atoms with Crippen LogP contribution in [0.4, 0.5) is 0 Å². The summed E-state index contributed by atoms with van der Waals surface area (Å²) in [5, 5.41) is 5.07. The molecule has 1 amide bonds. The van der Waals surface area contributed by atoms with E-state index in [1.165, 1.54) is 4.88 Å². The molecule has 1 aliphatic rings. The lowest BCUT2D eigenvalue weighted by atomic mass is 10.0. The number of amides is 1. The highest BCUT2D eigenvalue weighted by Crippen LogP contribution is 2.25. The van der Waals surface area contributed by atoms with Crippen molar-refractivity contribution >= 4 is 17.2 Å². The molecule has 0 spiro atoms. The molecule has 1 saturated heterocycles. The zero-order valence-electron chi connectivity index (χ0n) is 9.66. The molecule has 88 valence electrons. The second-order valence-corrected chi connectivity index (χ2v) is 5.54. The molecule has 1 aliphatic heterocycles. The van der Waals surface area contributed by atoms with Crippen LogP contribution >= 0.6 is 11.3 Å². The molecular weight excluding hydrogens is 222 g/mol. The standard InChI is InChI=1S/C12H17NO2S/c1-12(2,10-6-4-8-16-10)13-11(14)9-5-3-7-15-9/h4,6,8-9H,3,5,7H2,1-2H3,(H,13,14). The van der Waals surface area contributed by atoms with E-state index in [1.807, 2.05) is 31.4 Å². The van der Waals surface area contributed by atoms with Crippen LogP contribution in [0, 0.1) is 0 Å². The summed E-state index contributed by atoms with van der Waals surface area (Å²) in [7, 11) is 0. The Balaban J connectivity index is 2.00. The minimum atomic E-state index is -0.308. The molecule has 16 heavy (non-hydrogen) atoms. The van der Waals surface area contributed by atoms with Crippen molar-refractivity contribution in [2.45, 2.75) is 38.3 Å². The fourth-order valence-electron chi connectivity index (χ4n) is 1.87. The van der Waals surface area contributed by atoms with Crippen LogP contribution in [0.2, 0.25) is 0 Å². The van der Waals surface area contributed by atoms with E-state index in [-0.39, 0.29) is 17.6 Å². The molecule has 0 saturated carbocycles. The Morgan fingerprint density at radius 1 is 1.62 bits per heavy atom. The highest BCUT2D eigenvalue weighted by atomic mass is 32.1. The van der Waals surface area contributed by atoms with Crippen molar-refractivity contribution in [2.24, 2.45) is 0 Å². The first kappa shape index (κ1) is 11.6. The quantitative estimate of drug-likeness (QED) is 0.878. The second kappa shape index (κ2) is 4.55. The molecule has 0 aliphatic carbocycles. The Hall–Kier alpha value is -0.870. The summed E-state index contributed by atoms with van der Waals surface area (Å²) in [6, 6.07) is 4.04. The first-order valence-corrected chi connectivity index (χ1v) is 6.45. The Morgan fingerprint density at radius 3 is 3.00 bits per heavy atom. The average molecular weight is 239 g/mol. The summed E-state index contributed by atoms with van der Waals surface area (Å²) >= 11 is 1.66. The second-order valence-electron chi connectivity index (χ2n) is 4.59. The van der Waals surface area contributed by atoms with Crippen LogP contribution in [-0.2, 0) is 15.1 Å². The van der Waals surface area contributed by atoms with E-state index in [0.717, 1.165) is 12.8 Å². The van der Waals surface area contributed by atoms with Gasteiger partial charge in [0.2, 0.25) is 5.91 Å². The molecule has 0 radical (unpaired) electrons. The number of nitrogens with one attached hydrogen (secondary N) is 1. The number of hydrogen-bond acceptors (Lipinski definition) is 3. The lowest BCUT2D eigenvalue weighted by Crippen LogP contribution is -2.45. The van der Waals surface area contributed by atoms with Gasteiger partial charge in [-0.05, 0) is 38.1 Å². The molecule has 0 bridgehead atoms. The molecule has 2 heterocycles. The molecule has 2 rings (SSSR count). The van der Waals surface area contributed by atoms with E-state index in [4.69, 9.17) is 4.74 Å². The van der Waals surface area contributed by atoms with Gasteiger partial charge < -0.3 is 10.1 Å². The zero-order chi connectivity index (χ0) is 11.6. The van der Waals surface area contributed by atoms with Gasteiger partial charge in [0.1, 0.15) is 6.10 Å². The Labute approximate surface area is 99.8 Å². The third-order valence-electron chi connectivity index (χ3n) is 2.79. The van der Waals surface area contributed by atoms with E-state index in [1.54, 1.807) is 11.3 Å². The predicted molar refractivity (Wildman–Crippen MR) is 64.5 cm³/mol. The largest absolute Gasteiger partial charge is 0.368 e. The number of hydrogen-bond donors (Lipinski definition) is 1. The Bertz CT molecular complexity index is 353. The molecule has 1 atom stereocenters.